The van der Waals surface area contributed by atoms with Crippen molar-refractivity contribution in [2.75, 3.05) is 106 Å². The number of alkyl halides is 2. The van der Waals surface area contributed by atoms with Crippen LogP contribution in [0, 0.1) is 27.4 Å². The van der Waals surface area contributed by atoms with Gasteiger partial charge in [0.25, 0.3) is 5.09 Å². The van der Waals surface area contributed by atoms with Crippen LogP contribution < -0.4 is 4.74 Å². The molecule has 1 aromatic rings. The Morgan fingerprint density at radius 1 is 0.855 bits per heavy atom. The summed E-state index contributed by atoms with van der Waals surface area (Å²) in [5, 5.41) is 20.3. The molecule has 4 rings (SSSR count). The highest BCUT2D eigenvalue weighted by Gasteiger charge is 2.59. The maximum atomic E-state index is 15.4. The van der Waals surface area contributed by atoms with Gasteiger partial charge < -0.3 is 52.6 Å². The monoisotopic (exact) mass is 793 g/mol. The van der Waals surface area contributed by atoms with Crippen LogP contribution in [-0.2, 0) is 63.0 Å². The molecule has 0 heterocycles. The molecule has 3 atom stereocenters. The van der Waals surface area contributed by atoms with Crippen molar-refractivity contribution in [2.24, 2.45) is 17.3 Å². The number of phenols is 1. The lowest BCUT2D eigenvalue weighted by Gasteiger charge is -2.59. The molecular weight excluding hydrogens is 740 g/mol. The SMILES string of the molecule is COCCOCCOCCOCCOCCOCCOCC(=O)Oc1cc(C(F)(F)C(=O)OCCCCO[N+](=O)[O-])cc(O)c1[C@@H]1CC(=O)[C@@H]2C[C@H]1C2(C)C. The van der Waals surface area contributed by atoms with E-state index < -0.39 is 64.6 Å². The molecule has 17 nitrogen and oxygen atoms in total. The molecular formula is C36H53F2NO16. The van der Waals surface area contributed by atoms with Crippen LogP contribution in [0.2, 0.25) is 0 Å². The number of hydrogen-bond acceptors (Lipinski definition) is 16. The minimum absolute atomic E-state index is 0.00930. The first-order chi connectivity index (χ1) is 26.3. The highest BCUT2D eigenvalue weighted by atomic mass is 19.3. The number of fused-ring (bicyclic) bond motifs is 2. The minimum atomic E-state index is -4.28. The van der Waals surface area contributed by atoms with Crippen molar-refractivity contribution in [2.45, 2.75) is 51.4 Å². The smallest absolute Gasteiger partial charge is 0.381 e. The molecule has 3 fully saturated rings. The van der Waals surface area contributed by atoms with Gasteiger partial charge in [-0.2, -0.15) is 8.78 Å². The summed E-state index contributed by atoms with van der Waals surface area (Å²) >= 11 is 0. The molecule has 55 heavy (non-hydrogen) atoms. The van der Waals surface area contributed by atoms with E-state index in [0.717, 1.165) is 6.07 Å². The Kier molecular flexibility index (Phi) is 19.5. The van der Waals surface area contributed by atoms with Crippen LogP contribution >= 0.6 is 0 Å². The number of benzene rings is 1. The zero-order valence-electron chi connectivity index (χ0n) is 31.6. The van der Waals surface area contributed by atoms with Crippen LogP contribution in [-0.4, -0.2) is 134 Å². The fraction of sp³-hybridized carbons (Fsp3) is 0.750. The van der Waals surface area contributed by atoms with E-state index >= 15 is 8.78 Å². The third kappa shape index (κ3) is 14.5. The molecule has 312 valence electrons. The molecule has 3 aliphatic carbocycles. The molecule has 2 bridgehead atoms. The first-order valence-corrected chi connectivity index (χ1v) is 18.2. The molecule has 0 unspecified atom stereocenters. The molecule has 0 saturated heterocycles. The molecule has 0 aromatic heterocycles. The van der Waals surface area contributed by atoms with E-state index in [4.69, 9.17) is 37.9 Å². The third-order valence-electron chi connectivity index (χ3n) is 9.45. The van der Waals surface area contributed by atoms with Gasteiger partial charge in [-0.3, -0.25) is 4.79 Å². The predicted octanol–water partition coefficient (Wildman–Crippen LogP) is 3.39. The third-order valence-corrected chi connectivity index (χ3v) is 9.45. The number of rotatable bonds is 30. The quantitative estimate of drug-likeness (QED) is 0.0390. The first kappa shape index (κ1) is 45.8. The van der Waals surface area contributed by atoms with Crippen molar-refractivity contribution in [1.29, 1.82) is 0 Å². The normalized spacial score (nSPS) is 18.8. The number of unbranched alkanes of at least 4 members (excludes halogenated alkanes) is 1. The van der Waals surface area contributed by atoms with E-state index in [9.17, 15) is 29.6 Å². The number of esters is 2. The summed E-state index contributed by atoms with van der Waals surface area (Å²) < 4.78 is 78.0. The number of carbonyl (C=O) groups is 3. The highest BCUT2D eigenvalue weighted by Crippen LogP contribution is 2.64. The van der Waals surface area contributed by atoms with Gasteiger partial charge in [-0.15, -0.1) is 10.1 Å². The molecule has 3 saturated carbocycles. The van der Waals surface area contributed by atoms with Crippen LogP contribution in [0.15, 0.2) is 12.1 Å². The number of carbonyl (C=O) groups excluding carboxylic acids is 3. The van der Waals surface area contributed by atoms with Crippen molar-refractivity contribution in [1.82, 2.24) is 0 Å². The van der Waals surface area contributed by atoms with E-state index in [2.05, 4.69) is 9.57 Å². The lowest BCUT2D eigenvalue weighted by molar-refractivity contribution is -0.757. The topological polar surface area (TPSA) is 207 Å². The maximum absolute atomic E-state index is 15.4. The summed E-state index contributed by atoms with van der Waals surface area (Å²) in [6.07, 6.45) is 0.624. The van der Waals surface area contributed by atoms with Crippen LogP contribution in [0.4, 0.5) is 8.78 Å². The van der Waals surface area contributed by atoms with Crippen molar-refractivity contribution >= 4 is 17.7 Å². The van der Waals surface area contributed by atoms with Gasteiger partial charge in [-0.1, -0.05) is 13.8 Å². The van der Waals surface area contributed by atoms with Gasteiger partial charge in [0.15, 0.2) is 0 Å². The van der Waals surface area contributed by atoms with Gasteiger partial charge in [0.1, 0.15) is 23.9 Å². The average molecular weight is 794 g/mol. The van der Waals surface area contributed by atoms with Crippen LogP contribution in [0.5, 0.6) is 11.5 Å². The van der Waals surface area contributed by atoms with Gasteiger partial charge in [-0.25, -0.2) is 9.59 Å². The Hall–Kier alpha value is -3.59. The van der Waals surface area contributed by atoms with E-state index in [1.54, 1.807) is 7.11 Å². The summed E-state index contributed by atoms with van der Waals surface area (Å²) in [5.74, 6) is -9.25. The Balaban J connectivity index is 1.45. The Morgan fingerprint density at radius 2 is 1.38 bits per heavy atom. The molecule has 0 spiro atoms. The largest absolute Gasteiger partial charge is 0.508 e. The molecule has 3 aliphatic rings. The summed E-state index contributed by atoms with van der Waals surface area (Å²) in [4.78, 5) is 52.6. The lowest BCUT2D eigenvalue weighted by atomic mass is 9.44. The number of halogens is 2. The van der Waals surface area contributed by atoms with Crippen LogP contribution in [0.3, 0.4) is 0 Å². The Bertz CT molecular complexity index is 1380. The summed E-state index contributed by atoms with van der Waals surface area (Å²) in [7, 11) is 1.61. The fourth-order valence-electron chi connectivity index (χ4n) is 6.51. The maximum Gasteiger partial charge on any atom is 0.381 e. The van der Waals surface area contributed by atoms with Crippen molar-refractivity contribution in [3.05, 3.63) is 33.4 Å². The predicted molar refractivity (Wildman–Crippen MR) is 185 cm³/mol. The number of nitrogens with zero attached hydrogens (tertiary/aromatic N) is 1. The molecule has 0 amide bonds. The second-order valence-corrected chi connectivity index (χ2v) is 13.5. The van der Waals surface area contributed by atoms with E-state index in [1.807, 2.05) is 13.8 Å². The number of hydrogen-bond donors (Lipinski definition) is 1. The van der Waals surface area contributed by atoms with Crippen LogP contribution in [0.25, 0.3) is 0 Å². The number of methoxy groups -OCH3 is 1. The standard InChI is InChI=1S/C36H53F2NO16/c1-35(2)27-23-28(35)29(40)22-26(27)33-30(41)20-25(36(37,38)34(43)53-6-4-5-7-54-39(44)45)21-31(33)55-32(42)24-52-19-18-51-17-16-50-15-14-49-13-12-48-11-10-47-9-8-46-3/h20-21,26-28,41H,4-19,22-24H2,1-3H3/t26-,27-,28+/m1/s1. The van der Waals surface area contributed by atoms with E-state index in [0.29, 0.717) is 71.9 Å². The van der Waals surface area contributed by atoms with Crippen molar-refractivity contribution in [3.63, 3.8) is 0 Å². The minimum Gasteiger partial charge on any atom is -0.508 e. The summed E-state index contributed by atoms with van der Waals surface area (Å²) in [6, 6.07) is 1.48. The first-order valence-electron chi connectivity index (χ1n) is 18.2. The molecule has 0 radical (unpaired) electrons. The van der Waals surface area contributed by atoms with Gasteiger partial charge in [0.2, 0.25) is 0 Å². The second kappa shape index (κ2) is 23.5. The van der Waals surface area contributed by atoms with E-state index in [-0.39, 0.29) is 68.9 Å². The number of ketones is 1. The van der Waals surface area contributed by atoms with Gasteiger partial charge in [0, 0.05) is 36.5 Å². The number of phenolic OH excluding ortho intramolecular Hbond substituents is 1. The van der Waals surface area contributed by atoms with Crippen molar-refractivity contribution in [3.8, 4) is 11.5 Å². The lowest BCUT2D eigenvalue weighted by Crippen LogP contribution is -2.56. The molecule has 0 aliphatic heterocycles. The Morgan fingerprint density at radius 3 is 1.89 bits per heavy atom. The highest BCUT2D eigenvalue weighted by molar-refractivity contribution is 5.86. The Labute approximate surface area is 318 Å². The number of aromatic hydroxyl groups is 1. The number of ether oxygens (including phenoxy) is 9. The molecule has 19 heteroatoms. The van der Waals surface area contributed by atoms with Gasteiger partial charge in [0.05, 0.1) is 92.5 Å². The fourth-order valence-corrected chi connectivity index (χ4v) is 6.51. The summed E-state index contributed by atoms with van der Waals surface area (Å²) in [6.45, 7) is 6.70. The second-order valence-electron chi connectivity index (χ2n) is 13.5. The zero-order valence-corrected chi connectivity index (χ0v) is 31.6. The molecule has 1 N–H and O–H groups in total. The van der Waals surface area contributed by atoms with Gasteiger partial charge >= 0.3 is 17.9 Å². The van der Waals surface area contributed by atoms with Crippen molar-refractivity contribution < 1.29 is 80.8 Å². The van der Waals surface area contributed by atoms with E-state index in [1.165, 1.54) is 0 Å². The number of Topliss-reactive ketones (excluding diaryl/α,β-unsaturated/α-hetero) is 1. The zero-order chi connectivity index (χ0) is 40.3. The summed E-state index contributed by atoms with van der Waals surface area (Å²) in [5.41, 5.74) is -1.42. The van der Waals surface area contributed by atoms with Crippen LogP contribution in [0.1, 0.15) is 56.6 Å². The average Bonchev–Trinajstić information content (AvgIpc) is 3.13. The molecule has 1 aromatic carbocycles. The van der Waals surface area contributed by atoms with Gasteiger partial charge in [-0.05, 0) is 42.7 Å².